The smallest absolute Gasteiger partial charge is 0.251 e. The Bertz CT molecular complexity index is 572. The molecule has 1 aliphatic heterocycles. The van der Waals surface area contributed by atoms with E-state index in [1.807, 2.05) is 13.8 Å². The van der Waals surface area contributed by atoms with Crippen molar-refractivity contribution in [3.8, 4) is 0 Å². The SMILES string of the molecule is CCC(CO)NC(=O)c1ccc(NCC(=O)N2CCOC(C)C2)cc1. The van der Waals surface area contributed by atoms with Crippen LogP contribution < -0.4 is 10.6 Å². The fraction of sp³-hybridized carbons (Fsp3) is 0.556. The number of nitrogens with one attached hydrogen (secondary N) is 2. The summed E-state index contributed by atoms with van der Waals surface area (Å²) in [5.41, 5.74) is 1.30. The number of hydrogen-bond acceptors (Lipinski definition) is 5. The Balaban J connectivity index is 1.83. The normalized spacial score (nSPS) is 18.5. The van der Waals surface area contributed by atoms with E-state index in [4.69, 9.17) is 9.84 Å². The lowest BCUT2D eigenvalue weighted by atomic mass is 10.1. The molecule has 138 valence electrons. The third kappa shape index (κ3) is 5.72. The molecule has 0 spiro atoms. The van der Waals surface area contributed by atoms with E-state index >= 15 is 0 Å². The molecule has 0 aliphatic carbocycles. The van der Waals surface area contributed by atoms with Gasteiger partial charge in [-0.3, -0.25) is 9.59 Å². The second-order valence-corrected chi connectivity index (χ2v) is 6.21. The van der Waals surface area contributed by atoms with Crippen molar-refractivity contribution in [3.05, 3.63) is 29.8 Å². The van der Waals surface area contributed by atoms with E-state index in [1.54, 1.807) is 29.2 Å². The van der Waals surface area contributed by atoms with Crippen LogP contribution in [-0.4, -0.2) is 66.8 Å². The van der Waals surface area contributed by atoms with Gasteiger partial charge < -0.3 is 25.4 Å². The van der Waals surface area contributed by atoms with Gasteiger partial charge in [-0.25, -0.2) is 0 Å². The van der Waals surface area contributed by atoms with Crippen LogP contribution in [0.1, 0.15) is 30.6 Å². The van der Waals surface area contributed by atoms with Gasteiger partial charge in [0.2, 0.25) is 5.91 Å². The maximum atomic E-state index is 12.2. The summed E-state index contributed by atoms with van der Waals surface area (Å²) in [7, 11) is 0. The largest absolute Gasteiger partial charge is 0.394 e. The minimum absolute atomic E-state index is 0.0331. The highest BCUT2D eigenvalue weighted by molar-refractivity contribution is 5.94. The fourth-order valence-corrected chi connectivity index (χ4v) is 2.62. The van der Waals surface area contributed by atoms with Gasteiger partial charge >= 0.3 is 0 Å². The average Bonchev–Trinajstić information content (AvgIpc) is 2.64. The Morgan fingerprint density at radius 3 is 2.68 bits per heavy atom. The molecule has 2 amide bonds. The topological polar surface area (TPSA) is 90.9 Å². The molecule has 1 fully saturated rings. The first-order valence-corrected chi connectivity index (χ1v) is 8.68. The maximum absolute atomic E-state index is 12.2. The lowest BCUT2D eigenvalue weighted by molar-refractivity contribution is -0.136. The van der Waals surface area contributed by atoms with Crippen molar-refractivity contribution in [2.45, 2.75) is 32.4 Å². The van der Waals surface area contributed by atoms with E-state index < -0.39 is 0 Å². The number of carbonyl (C=O) groups excluding carboxylic acids is 2. The molecule has 0 radical (unpaired) electrons. The zero-order valence-electron chi connectivity index (χ0n) is 14.8. The number of nitrogens with zero attached hydrogens (tertiary/aromatic N) is 1. The Morgan fingerprint density at radius 2 is 2.08 bits per heavy atom. The van der Waals surface area contributed by atoms with E-state index in [2.05, 4.69) is 10.6 Å². The Hall–Kier alpha value is -2.12. The minimum atomic E-state index is -0.237. The summed E-state index contributed by atoms with van der Waals surface area (Å²) in [6.45, 7) is 5.79. The highest BCUT2D eigenvalue weighted by atomic mass is 16.5. The molecule has 1 saturated heterocycles. The third-order valence-electron chi connectivity index (χ3n) is 4.23. The number of carbonyl (C=O) groups is 2. The molecule has 2 atom stereocenters. The molecular formula is C18H27N3O4. The van der Waals surface area contributed by atoms with Crippen LogP contribution in [0.15, 0.2) is 24.3 Å². The molecule has 1 aromatic carbocycles. The van der Waals surface area contributed by atoms with Crippen molar-refractivity contribution in [1.82, 2.24) is 10.2 Å². The molecule has 1 aliphatic rings. The molecule has 2 rings (SSSR count). The number of ether oxygens (including phenoxy) is 1. The number of morpholine rings is 1. The summed E-state index contributed by atoms with van der Waals surface area (Å²) in [6, 6.07) is 6.69. The molecule has 2 unspecified atom stereocenters. The standard InChI is InChI=1S/C18H27N3O4/c1-3-15(12-22)20-18(24)14-4-6-16(7-5-14)19-10-17(23)21-8-9-25-13(2)11-21/h4-7,13,15,19,22H,3,8-12H2,1-2H3,(H,20,24). The predicted octanol–water partition coefficient (Wildman–Crippen LogP) is 0.847. The van der Waals surface area contributed by atoms with Crippen LogP contribution in [0.25, 0.3) is 0 Å². The lowest BCUT2D eigenvalue weighted by Crippen LogP contribution is -2.46. The zero-order valence-corrected chi connectivity index (χ0v) is 14.8. The van der Waals surface area contributed by atoms with Gasteiger partial charge in [-0.2, -0.15) is 0 Å². The number of aliphatic hydroxyl groups is 1. The molecule has 7 heteroatoms. The van der Waals surface area contributed by atoms with Crippen LogP contribution in [0, 0.1) is 0 Å². The molecule has 7 nitrogen and oxygen atoms in total. The first-order valence-electron chi connectivity index (χ1n) is 8.68. The molecule has 1 heterocycles. The van der Waals surface area contributed by atoms with E-state index in [-0.39, 0.29) is 37.1 Å². The van der Waals surface area contributed by atoms with Gasteiger partial charge in [0.1, 0.15) is 0 Å². The Kier molecular flexibility index (Phi) is 7.21. The van der Waals surface area contributed by atoms with Crippen LogP contribution in [0.5, 0.6) is 0 Å². The third-order valence-corrected chi connectivity index (χ3v) is 4.23. The van der Waals surface area contributed by atoms with Crippen LogP contribution in [-0.2, 0) is 9.53 Å². The predicted molar refractivity (Wildman–Crippen MR) is 95.6 cm³/mol. The van der Waals surface area contributed by atoms with Gasteiger partial charge in [-0.15, -0.1) is 0 Å². The molecule has 3 N–H and O–H groups in total. The summed E-state index contributed by atoms with van der Waals surface area (Å²) < 4.78 is 5.43. The number of amides is 2. The number of aliphatic hydroxyl groups excluding tert-OH is 1. The Labute approximate surface area is 148 Å². The lowest BCUT2D eigenvalue weighted by Gasteiger charge is -2.31. The first kappa shape index (κ1) is 19.2. The molecular weight excluding hydrogens is 322 g/mol. The number of rotatable bonds is 7. The van der Waals surface area contributed by atoms with Crippen molar-refractivity contribution in [1.29, 1.82) is 0 Å². The highest BCUT2D eigenvalue weighted by Gasteiger charge is 2.20. The molecule has 1 aromatic rings. The second kappa shape index (κ2) is 9.39. The van der Waals surface area contributed by atoms with Gasteiger partial charge in [0.05, 0.1) is 31.9 Å². The summed E-state index contributed by atoms with van der Waals surface area (Å²) >= 11 is 0. The molecule has 0 saturated carbocycles. The monoisotopic (exact) mass is 349 g/mol. The van der Waals surface area contributed by atoms with Crippen molar-refractivity contribution < 1.29 is 19.4 Å². The van der Waals surface area contributed by atoms with Crippen LogP contribution >= 0.6 is 0 Å². The first-order chi connectivity index (χ1) is 12.0. The van der Waals surface area contributed by atoms with E-state index in [1.165, 1.54) is 0 Å². The van der Waals surface area contributed by atoms with Gasteiger partial charge in [0.25, 0.3) is 5.91 Å². The molecule has 25 heavy (non-hydrogen) atoms. The van der Waals surface area contributed by atoms with Gasteiger partial charge in [-0.05, 0) is 37.6 Å². The number of benzene rings is 1. The van der Waals surface area contributed by atoms with Crippen molar-refractivity contribution in [3.63, 3.8) is 0 Å². The van der Waals surface area contributed by atoms with Crippen molar-refractivity contribution >= 4 is 17.5 Å². The second-order valence-electron chi connectivity index (χ2n) is 6.21. The minimum Gasteiger partial charge on any atom is -0.394 e. The number of anilines is 1. The summed E-state index contributed by atoms with van der Waals surface area (Å²) in [5, 5.41) is 15.0. The summed E-state index contributed by atoms with van der Waals surface area (Å²) in [5.74, 6) is -0.184. The maximum Gasteiger partial charge on any atom is 0.251 e. The van der Waals surface area contributed by atoms with E-state index in [0.717, 1.165) is 5.69 Å². The van der Waals surface area contributed by atoms with E-state index in [9.17, 15) is 9.59 Å². The van der Waals surface area contributed by atoms with Gasteiger partial charge in [0, 0.05) is 24.3 Å². The van der Waals surface area contributed by atoms with Crippen LogP contribution in [0.3, 0.4) is 0 Å². The zero-order chi connectivity index (χ0) is 18.2. The molecule has 0 aromatic heterocycles. The van der Waals surface area contributed by atoms with Gasteiger partial charge in [0.15, 0.2) is 0 Å². The number of hydrogen-bond donors (Lipinski definition) is 3. The average molecular weight is 349 g/mol. The van der Waals surface area contributed by atoms with E-state index in [0.29, 0.717) is 31.7 Å². The summed E-state index contributed by atoms with van der Waals surface area (Å²) in [4.78, 5) is 26.1. The Morgan fingerprint density at radius 1 is 1.36 bits per heavy atom. The van der Waals surface area contributed by atoms with Crippen LogP contribution in [0.2, 0.25) is 0 Å². The van der Waals surface area contributed by atoms with Gasteiger partial charge in [-0.1, -0.05) is 6.92 Å². The summed E-state index contributed by atoms with van der Waals surface area (Å²) in [6.07, 6.45) is 0.741. The highest BCUT2D eigenvalue weighted by Crippen LogP contribution is 2.11. The van der Waals surface area contributed by atoms with Crippen molar-refractivity contribution in [2.24, 2.45) is 0 Å². The quantitative estimate of drug-likeness (QED) is 0.679. The van der Waals surface area contributed by atoms with Crippen molar-refractivity contribution in [2.75, 3.05) is 38.2 Å². The molecule has 0 bridgehead atoms. The van der Waals surface area contributed by atoms with Crippen LogP contribution in [0.4, 0.5) is 5.69 Å². The fourth-order valence-electron chi connectivity index (χ4n) is 2.62.